The second-order valence-corrected chi connectivity index (χ2v) is 6.21. The monoisotopic (exact) mass is 262 g/mol. The minimum atomic E-state index is -0.430. The van der Waals surface area contributed by atoms with Gasteiger partial charge in [0.1, 0.15) is 5.60 Å². The number of carbonyl (C=O) groups excluding carboxylic acids is 1. The number of pyridine rings is 1. The summed E-state index contributed by atoms with van der Waals surface area (Å²) < 4.78 is 5.40. The molecular weight excluding hydrogens is 240 g/mol. The summed E-state index contributed by atoms with van der Waals surface area (Å²) in [7, 11) is 0. The Hall–Kier alpha value is -1.58. The van der Waals surface area contributed by atoms with Crippen LogP contribution >= 0.6 is 0 Å². The van der Waals surface area contributed by atoms with E-state index >= 15 is 0 Å². The van der Waals surface area contributed by atoms with E-state index in [1.807, 2.05) is 40.1 Å². The van der Waals surface area contributed by atoms with E-state index in [4.69, 9.17) is 4.74 Å². The molecule has 0 radical (unpaired) electrons. The average Bonchev–Trinajstić information content (AvgIpc) is 2.75. The fourth-order valence-electron chi connectivity index (χ4n) is 2.33. The van der Waals surface area contributed by atoms with E-state index in [-0.39, 0.29) is 6.09 Å². The molecule has 1 aliphatic rings. The summed E-state index contributed by atoms with van der Waals surface area (Å²) in [6, 6.07) is 2.15. The van der Waals surface area contributed by atoms with E-state index < -0.39 is 5.60 Å². The number of likely N-dealkylation sites (tertiary alicyclic amines) is 1. The Morgan fingerprint density at radius 3 is 2.79 bits per heavy atom. The largest absolute Gasteiger partial charge is 0.444 e. The first kappa shape index (κ1) is 13.8. The Bertz CT molecular complexity index is 465. The van der Waals surface area contributed by atoms with Crippen molar-refractivity contribution in [3.63, 3.8) is 0 Å². The van der Waals surface area contributed by atoms with E-state index in [1.54, 1.807) is 4.90 Å². The van der Waals surface area contributed by atoms with Crippen molar-refractivity contribution in [3.05, 3.63) is 29.6 Å². The third kappa shape index (κ3) is 3.69. The molecule has 4 heteroatoms. The van der Waals surface area contributed by atoms with Gasteiger partial charge < -0.3 is 9.64 Å². The predicted octanol–water partition coefficient (Wildman–Crippen LogP) is 3.11. The van der Waals surface area contributed by atoms with Crippen LogP contribution in [0, 0.1) is 6.92 Å². The number of hydrogen-bond acceptors (Lipinski definition) is 3. The van der Waals surface area contributed by atoms with Crippen LogP contribution in [0.2, 0.25) is 0 Å². The zero-order valence-electron chi connectivity index (χ0n) is 12.1. The van der Waals surface area contributed by atoms with Gasteiger partial charge in [0.2, 0.25) is 0 Å². The third-order valence-corrected chi connectivity index (χ3v) is 3.21. The van der Waals surface area contributed by atoms with Crippen LogP contribution in [-0.2, 0) is 4.74 Å². The summed E-state index contributed by atoms with van der Waals surface area (Å²) in [4.78, 5) is 18.0. The molecule has 1 fully saturated rings. The summed E-state index contributed by atoms with van der Waals surface area (Å²) in [5.41, 5.74) is 1.94. The highest BCUT2D eigenvalue weighted by molar-refractivity contribution is 5.68. The predicted molar refractivity (Wildman–Crippen MR) is 74.1 cm³/mol. The smallest absolute Gasteiger partial charge is 0.410 e. The van der Waals surface area contributed by atoms with Gasteiger partial charge >= 0.3 is 6.09 Å². The Morgan fingerprint density at radius 2 is 2.16 bits per heavy atom. The third-order valence-electron chi connectivity index (χ3n) is 3.21. The number of rotatable bonds is 1. The van der Waals surface area contributed by atoms with E-state index in [0.717, 1.165) is 25.1 Å². The number of hydrogen-bond donors (Lipinski definition) is 0. The molecular formula is C15H22N2O2. The van der Waals surface area contributed by atoms with Gasteiger partial charge in [-0.05, 0) is 45.2 Å². The van der Waals surface area contributed by atoms with Crippen LogP contribution in [0.5, 0.6) is 0 Å². The number of ether oxygens (including phenoxy) is 1. The second kappa shape index (κ2) is 5.19. The highest BCUT2D eigenvalue weighted by atomic mass is 16.6. The van der Waals surface area contributed by atoms with Crippen molar-refractivity contribution >= 4 is 6.09 Å². The van der Waals surface area contributed by atoms with Crippen molar-refractivity contribution in [1.29, 1.82) is 0 Å². The quantitative estimate of drug-likeness (QED) is 0.781. The van der Waals surface area contributed by atoms with Gasteiger partial charge in [-0.25, -0.2) is 4.79 Å². The van der Waals surface area contributed by atoms with E-state index in [9.17, 15) is 4.79 Å². The maximum Gasteiger partial charge on any atom is 0.410 e. The van der Waals surface area contributed by atoms with Gasteiger partial charge in [-0.2, -0.15) is 0 Å². The fourth-order valence-corrected chi connectivity index (χ4v) is 2.33. The van der Waals surface area contributed by atoms with Crippen molar-refractivity contribution in [2.75, 3.05) is 13.1 Å². The Balaban J connectivity index is 1.98. The first-order chi connectivity index (χ1) is 8.85. The molecule has 4 nitrogen and oxygen atoms in total. The molecule has 0 N–H and O–H groups in total. The molecule has 2 rings (SSSR count). The van der Waals surface area contributed by atoms with E-state index in [2.05, 4.69) is 11.1 Å². The van der Waals surface area contributed by atoms with Crippen LogP contribution in [0.25, 0.3) is 0 Å². The van der Waals surface area contributed by atoms with Crippen LogP contribution in [-0.4, -0.2) is 34.7 Å². The van der Waals surface area contributed by atoms with Crippen molar-refractivity contribution in [3.8, 4) is 0 Å². The first-order valence-electron chi connectivity index (χ1n) is 6.74. The zero-order chi connectivity index (χ0) is 14.0. The first-order valence-corrected chi connectivity index (χ1v) is 6.74. The van der Waals surface area contributed by atoms with E-state index in [0.29, 0.717) is 5.92 Å². The zero-order valence-corrected chi connectivity index (χ0v) is 12.1. The molecule has 104 valence electrons. The van der Waals surface area contributed by atoms with Crippen LogP contribution in [0.15, 0.2) is 18.5 Å². The van der Waals surface area contributed by atoms with Gasteiger partial charge in [-0.1, -0.05) is 6.07 Å². The lowest BCUT2D eigenvalue weighted by atomic mass is 9.99. The van der Waals surface area contributed by atoms with Gasteiger partial charge in [-0.3, -0.25) is 4.98 Å². The fraction of sp³-hybridized carbons (Fsp3) is 0.600. The molecule has 1 aromatic heterocycles. The summed E-state index contributed by atoms with van der Waals surface area (Å²) in [6.45, 7) is 9.19. The van der Waals surface area contributed by atoms with Gasteiger partial charge in [-0.15, -0.1) is 0 Å². The maximum absolute atomic E-state index is 12.0. The molecule has 1 amide bonds. The molecule has 1 saturated heterocycles. The molecule has 19 heavy (non-hydrogen) atoms. The van der Waals surface area contributed by atoms with Gasteiger partial charge in [0.15, 0.2) is 0 Å². The SMILES string of the molecule is Cc1cncc(C2CCN(C(=O)OC(C)(C)C)C2)c1. The molecule has 1 unspecified atom stereocenters. The highest BCUT2D eigenvalue weighted by Crippen LogP contribution is 2.28. The number of nitrogens with zero attached hydrogens (tertiary/aromatic N) is 2. The van der Waals surface area contributed by atoms with E-state index in [1.165, 1.54) is 5.56 Å². The van der Waals surface area contributed by atoms with Gasteiger partial charge in [0.05, 0.1) is 0 Å². The lowest BCUT2D eigenvalue weighted by Crippen LogP contribution is -2.35. The van der Waals surface area contributed by atoms with Crippen LogP contribution in [0.1, 0.15) is 44.2 Å². The molecule has 1 aliphatic heterocycles. The molecule has 2 heterocycles. The maximum atomic E-state index is 12.0. The van der Waals surface area contributed by atoms with Crippen LogP contribution in [0.3, 0.4) is 0 Å². The van der Waals surface area contributed by atoms with Crippen molar-refractivity contribution in [2.24, 2.45) is 0 Å². The molecule has 1 atom stereocenters. The van der Waals surface area contributed by atoms with Crippen molar-refractivity contribution in [2.45, 2.75) is 45.6 Å². The standard InChI is InChI=1S/C15H22N2O2/c1-11-7-13(9-16-8-11)12-5-6-17(10-12)14(18)19-15(2,3)4/h7-9,12H,5-6,10H2,1-4H3. The van der Waals surface area contributed by atoms with Crippen LogP contribution in [0.4, 0.5) is 4.79 Å². The lowest BCUT2D eigenvalue weighted by molar-refractivity contribution is 0.0292. The van der Waals surface area contributed by atoms with Crippen molar-refractivity contribution < 1.29 is 9.53 Å². The molecule has 0 bridgehead atoms. The molecule has 0 spiro atoms. The number of carbonyl (C=O) groups is 1. The Labute approximate surface area is 114 Å². The number of aryl methyl sites for hydroxylation is 1. The number of amides is 1. The summed E-state index contributed by atoms with van der Waals surface area (Å²) >= 11 is 0. The molecule has 0 saturated carbocycles. The average molecular weight is 262 g/mol. The number of aromatic nitrogens is 1. The Morgan fingerprint density at radius 1 is 1.42 bits per heavy atom. The minimum absolute atomic E-state index is 0.212. The summed E-state index contributed by atoms with van der Waals surface area (Å²) in [5.74, 6) is 0.375. The summed E-state index contributed by atoms with van der Waals surface area (Å²) in [5, 5.41) is 0. The molecule has 0 aromatic carbocycles. The van der Waals surface area contributed by atoms with Crippen LogP contribution < -0.4 is 0 Å². The lowest BCUT2D eigenvalue weighted by Gasteiger charge is -2.24. The van der Waals surface area contributed by atoms with Gasteiger partial charge in [0, 0.05) is 31.4 Å². The Kier molecular flexibility index (Phi) is 3.78. The second-order valence-electron chi connectivity index (χ2n) is 6.21. The van der Waals surface area contributed by atoms with Crippen molar-refractivity contribution in [1.82, 2.24) is 9.88 Å². The highest BCUT2D eigenvalue weighted by Gasteiger charge is 2.30. The molecule has 1 aromatic rings. The summed E-state index contributed by atoms with van der Waals surface area (Å²) in [6.07, 6.45) is 4.51. The van der Waals surface area contributed by atoms with Gasteiger partial charge in [0.25, 0.3) is 0 Å². The minimum Gasteiger partial charge on any atom is -0.444 e. The molecule has 0 aliphatic carbocycles. The topological polar surface area (TPSA) is 42.4 Å². The normalized spacial score (nSPS) is 19.6.